The van der Waals surface area contributed by atoms with E-state index in [9.17, 15) is 9.59 Å². The first kappa shape index (κ1) is 15.9. The molecule has 1 unspecified atom stereocenters. The average Bonchev–Trinajstić information content (AvgIpc) is 2.12. The van der Waals surface area contributed by atoms with Gasteiger partial charge in [-0.3, -0.25) is 9.59 Å². The molecule has 17 heavy (non-hydrogen) atoms. The maximum absolute atomic E-state index is 12.0. The zero-order valence-electron chi connectivity index (χ0n) is 12.1. The van der Waals surface area contributed by atoms with Crippen LogP contribution in [0.3, 0.4) is 0 Å². The lowest BCUT2D eigenvalue weighted by atomic mass is 9.94. The van der Waals surface area contributed by atoms with Crippen LogP contribution in [0.2, 0.25) is 0 Å². The Labute approximate surface area is 105 Å². The molecule has 0 aromatic carbocycles. The Morgan fingerprint density at radius 1 is 1.18 bits per heavy atom. The lowest BCUT2D eigenvalue weighted by molar-refractivity contribution is -0.137. The van der Waals surface area contributed by atoms with Gasteiger partial charge in [-0.15, -0.1) is 0 Å². The largest absolute Gasteiger partial charge is 0.347 e. The molecule has 4 nitrogen and oxygen atoms in total. The van der Waals surface area contributed by atoms with Crippen molar-refractivity contribution in [2.45, 2.75) is 47.1 Å². The van der Waals surface area contributed by atoms with Crippen LogP contribution in [0.5, 0.6) is 0 Å². The van der Waals surface area contributed by atoms with E-state index in [1.807, 2.05) is 34.6 Å². The molecule has 0 saturated carbocycles. The lowest BCUT2D eigenvalue weighted by Gasteiger charge is -2.26. The van der Waals surface area contributed by atoms with Crippen LogP contribution in [-0.2, 0) is 9.59 Å². The Kier molecular flexibility index (Phi) is 5.66. The molecular weight excluding hydrogens is 216 g/mol. The number of hydrogen-bond acceptors (Lipinski definition) is 2. The number of carbonyl (C=O) groups is 2. The van der Waals surface area contributed by atoms with E-state index in [1.54, 1.807) is 14.1 Å². The smallest absolute Gasteiger partial charge is 0.244 e. The minimum atomic E-state index is -0.470. The Morgan fingerprint density at radius 3 is 1.94 bits per heavy atom. The Bertz CT molecular complexity index is 278. The molecule has 2 amide bonds. The van der Waals surface area contributed by atoms with Crippen molar-refractivity contribution in [1.29, 1.82) is 0 Å². The van der Waals surface area contributed by atoms with Gasteiger partial charge in [-0.1, -0.05) is 34.6 Å². The molecule has 0 aromatic heterocycles. The van der Waals surface area contributed by atoms with Crippen molar-refractivity contribution < 1.29 is 9.59 Å². The second-order valence-electron chi connectivity index (χ2n) is 6.14. The summed E-state index contributed by atoms with van der Waals surface area (Å²) in [4.78, 5) is 25.4. The van der Waals surface area contributed by atoms with E-state index < -0.39 is 11.5 Å². The van der Waals surface area contributed by atoms with Crippen molar-refractivity contribution in [2.24, 2.45) is 11.3 Å². The first-order valence-corrected chi connectivity index (χ1v) is 6.07. The number of amides is 2. The van der Waals surface area contributed by atoms with Gasteiger partial charge in [0.2, 0.25) is 11.8 Å². The van der Waals surface area contributed by atoms with Crippen molar-refractivity contribution in [2.75, 3.05) is 14.1 Å². The highest BCUT2D eigenvalue weighted by Gasteiger charge is 2.28. The summed E-state index contributed by atoms with van der Waals surface area (Å²) in [6.45, 7) is 9.61. The number of carbonyl (C=O) groups excluding carboxylic acids is 2. The van der Waals surface area contributed by atoms with Crippen LogP contribution in [0.15, 0.2) is 0 Å². The van der Waals surface area contributed by atoms with Gasteiger partial charge in [0.25, 0.3) is 0 Å². The van der Waals surface area contributed by atoms with Gasteiger partial charge in [-0.05, 0) is 12.3 Å². The summed E-state index contributed by atoms with van der Waals surface area (Å²) in [5, 5.41) is 2.84. The highest BCUT2D eigenvalue weighted by molar-refractivity contribution is 5.89. The van der Waals surface area contributed by atoms with Crippen LogP contribution in [-0.4, -0.2) is 36.9 Å². The molecule has 0 heterocycles. The molecule has 0 rings (SSSR count). The molecule has 0 aliphatic heterocycles. The van der Waals surface area contributed by atoms with Gasteiger partial charge >= 0.3 is 0 Å². The molecule has 0 saturated heterocycles. The molecule has 0 bridgehead atoms. The predicted molar refractivity (Wildman–Crippen MR) is 69.5 cm³/mol. The fourth-order valence-electron chi connectivity index (χ4n) is 1.38. The van der Waals surface area contributed by atoms with E-state index in [2.05, 4.69) is 5.32 Å². The number of hydrogen-bond donors (Lipinski definition) is 1. The summed E-state index contributed by atoms with van der Waals surface area (Å²) in [7, 11) is 3.41. The summed E-state index contributed by atoms with van der Waals surface area (Å²) >= 11 is 0. The topological polar surface area (TPSA) is 49.4 Å². The van der Waals surface area contributed by atoms with Crippen LogP contribution >= 0.6 is 0 Å². The van der Waals surface area contributed by atoms with E-state index in [-0.39, 0.29) is 11.8 Å². The number of nitrogens with one attached hydrogen (secondary N) is 1. The second-order valence-corrected chi connectivity index (χ2v) is 6.14. The number of nitrogens with zero attached hydrogens (tertiary/aromatic N) is 1. The molecule has 1 N–H and O–H groups in total. The standard InChI is InChI=1S/C13H26N2O2/c1-9(2)8-10(11(16)15(6)7)14-12(17)13(3,4)5/h9-10H,8H2,1-7H3,(H,14,17). The molecule has 0 aliphatic carbocycles. The van der Waals surface area contributed by atoms with Crippen molar-refractivity contribution >= 4 is 11.8 Å². The van der Waals surface area contributed by atoms with Crippen molar-refractivity contribution in [3.63, 3.8) is 0 Å². The quantitative estimate of drug-likeness (QED) is 0.815. The van der Waals surface area contributed by atoms with Gasteiger partial charge in [-0.25, -0.2) is 0 Å². The Morgan fingerprint density at radius 2 is 1.65 bits per heavy atom. The van der Waals surface area contributed by atoms with Crippen LogP contribution in [0.25, 0.3) is 0 Å². The van der Waals surface area contributed by atoms with Crippen LogP contribution in [0.1, 0.15) is 41.0 Å². The fourth-order valence-corrected chi connectivity index (χ4v) is 1.38. The second kappa shape index (κ2) is 6.03. The molecule has 0 radical (unpaired) electrons. The number of likely N-dealkylation sites (N-methyl/N-ethyl adjacent to an activating group) is 1. The zero-order chi connectivity index (χ0) is 13.8. The van der Waals surface area contributed by atoms with E-state index in [4.69, 9.17) is 0 Å². The molecule has 0 aromatic rings. The minimum Gasteiger partial charge on any atom is -0.347 e. The summed E-state index contributed by atoms with van der Waals surface area (Å²) in [6, 6.07) is -0.420. The van der Waals surface area contributed by atoms with E-state index in [0.29, 0.717) is 12.3 Å². The third-order valence-corrected chi connectivity index (χ3v) is 2.43. The van der Waals surface area contributed by atoms with Crippen LogP contribution < -0.4 is 5.32 Å². The maximum Gasteiger partial charge on any atom is 0.244 e. The third-order valence-electron chi connectivity index (χ3n) is 2.43. The SMILES string of the molecule is CC(C)CC(NC(=O)C(C)(C)C)C(=O)N(C)C. The molecule has 1 atom stereocenters. The van der Waals surface area contributed by atoms with Gasteiger partial charge in [0.15, 0.2) is 0 Å². The van der Waals surface area contributed by atoms with Crippen LogP contribution in [0.4, 0.5) is 0 Å². The summed E-state index contributed by atoms with van der Waals surface area (Å²) in [5.41, 5.74) is -0.470. The van der Waals surface area contributed by atoms with E-state index in [1.165, 1.54) is 4.90 Å². The summed E-state index contributed by atoms with van der Waals surface area (Å²) in [6.07, 6.45) is 0.666. The van der Waals surface area contributed by atoms with Crippen LogP contribution in [0, 0.1) is 11.3 Å². The Hall–Kier alpha value is -1.06. The van der Waals surface area contributed by atoms with Gasteiger partial charge in [0.05, 0.1) is 0 Å². The summed E-state index contributed by atoms with van der Waals surface area (Å²) < 4.78 is 0. The number of rotatable bonds is 4. The van der Waals surface area contributed by atoms with Crippen molar-refractivity contribution in [3.8, 4) is 0 Å². The molecule has 100 valence electrons. The zero-order valence-corrected chi connectivity index (χ0v) is 12.1. The highest BCUT2D eigenvalue weighted by atomic mass is 16.2. The van der Waals surface area contributed by atoms with E-state index in [0.717, 1.165) is 0 Å². The first-order chi connectivity index (χ1) is 7.55. The van der Waals surface area contributed by atoms with Crippen molar-refractivity contribution in [3.05, 3.63) is 0 Å². The third kappa shape index (κ3) is 5.71. The van der Waals surface area contributed by atoms with Gasteiger partial charge in [-0.2, -0.15) is 0 Å². The minimum absolute atomic E-state index is 0.0451. The summed E-state index contributed by atoms with van der Waals surface area (Å²) in [5.74, 6) is 0.235. The highest BCUT2D eigenvalue weighted by Crippen LogP contribution is 2.15. The normalized spacial score (nSPS) is 13.4. The van der Waals surface area contributed by atoms with Crippen molar-refractivity contribution in [1.82, 2.24) is 10.2 Å². The van der Waals surface area contributed by atoms with E-state index >= 15 is 0 Å². The first-order valence-electron chi connectivity index (χ1n) is 6.07. The molecule has 4 heteroatoms. The predicted octanol–water partition coefficient (Wildman–Crippen LogP) is 1.65. The molecule has 0 fully saturated rings. The molecule has 0 aliphatic rings. The maximum atomic E-state index is 12.0. The molecule has 0 spiro atoms. The lowest BCUT2D eigenvalue weighted by Crippen LogP contribution is -2.50. The van der Waals surface area contributed by atoms with Gasteiger partial charge in [0, 0.05) is 19.5 Å². The molecular formula is C13H26N2O2. The van der Waals surface area contributed by atoms with Gasteiger partial charge in [0.1, 0.15) is 6.04 Å². The fraction of sp³-hybridized carbons (Fsp3) is 0.846. The average molecular weight is 242 g/mol. The van der Waals surface area contributed by atoms with Gasteiger partial charge < -0.3 is 10.2 Å². The Balaban J connectivity index is 4.72. The monoisotopic (exact) mass is 242 g/mol.